The summed E-state index contributed by atoms with van der Waals surface area (Å²) in [7, 11) is 3.08. The third kappa shape index (κ3) is 5.19. The number of nitrogens with one attached hydrogen (secondary N) is 1. The van der Waals surface area contributed by atoms with Gasteiger partial charge < -0.3 is 14.8 Å². The van der Waals surface area contributed by atoms with Gasteiger partial charge in [0.1, 0.15) is 0 Å². The van der Waals surface area contributed by atoms with Crippen molar-refractivity contribution in [3.8, 4) is 11.5 Å². The van der Waals surface area contributed by atoms with Crippen LogP contribution >= 0.6 is 0 Å². The first-order chi connectivity index (χ1) is 14.1. The van der Waals surface area contributed by atoms with Gasteiger partial charge in [-0.15, -0.1) is 0 Å². The van der Waals surface area contributed by atoms with E-state index < -0.39 is 0 Å². The molecule has 1 N–H and O–H groups in total. The molecule has 29 heavy (non-hydrogen) atoms. The molecule has 6 nitrogen and oxygen atoms in total. The van der Waals surface area contributed by atoms with Crippen LogP contribution in [0.15, 0.2) is 73.1 Å². The van der Waals surface area contributed by atoms with Crippen LogP contribution < -0.4 is 19.4 Å². The lowest BCUT2D eigenvalue weighted by Gasteiger charge is -2.08. The summed E-state index contributed by atoms with van der Waals surface area (Å²) in [5.74, 6) is 0.848. The zero-order valence-electron chi connectivity index (χ0n) is 16.4. The number of benzene rings is 2. The molecule has 3 rings (SSSR count). The van der Waals surface area contributed by atoms with E-state index in [-0.39, 0.29) is 18.2 Å². The van der Waals surface area contributed by atoms with Gasteiger partial charge in [0.25, 0.3) is 5.91 Å². The van der Waals surface area contributed by atoms with E-state index >= 15 is 0 Å². The van der Waals surface area contributed by atoms with E-state index in [1.165, 1.54) is 7.11 Å². The Morgan fingerprint density at radius 3 is 2.21 bits per heavy atom. The Labute approximate surface area is 169 Å². The molecule has 3 aromatic rings. The van der Waals surface area contributed by atoms with E-state index in [0.29, 0.717) is 29.2 Å². The van der Waals surface area contributed by atoms with Gasteiger partial charge >= 0.3 is 0 Å². The molecule has 0 aliphatic heterocycles. The molecule has 6 heteroatoms. The Hall–Kier alpha value is -3.67. The summed E-state index contributed by atoms with van der Waals surface area (Å²) in [5, 5.41) is 2.88. The van der Waals surface area contributed by atoms with Crippen LogP contribution in [0.1, 0.15) is 26.3 Å². The maximum atomic E-state index is 12.6. The average Bonchev–Trinajstić information content (AvgIpc) is 2.78. The van der Waals surface area contributed by atoms with Crippen molar-refractivity contribution < 1.29 is 23.6 Å². The number of hydrogen-bond donors (Lipinski definition) is 1. The summed E-state index contributed by atoms with van der Waals surface area (Å²) >= 11 is 0. The lowest BCUT2D eigenvalue weighted by Crippen LogP contribution is -2.37. The third-order valence-corrected chi connectivity index (χ3v) is 4.48. The van der Waals surface area contributed by atoms with E-state index in [1.54, 1.807) is 54.4 Å². The van der Waals surface area contributed by atoms with E-state index in [2.05, 4.69) is 5.32 Å². The Kier molecular flexibility index (Phi) is 6.58. The van der Waals surface area contributed by atoms with Crippen molar-refractivity contribution >= 4 is 11.7 Å². The maximum Gasteiger partial charge on any atom is 0.252 e. The topological polar surface area (TPSA) is 68.5 Å². The third-order valence-electron chi connectivity index (χ3n) is 4.48. The zero-order chi connectivity index (χ0) is 20.6. The first-order valence-electron chi connectivity index (χ1n) is 9.17. The molecule has 0 unspecified atom stereocenters. The van der Waals surface area contributed by atoms with Gasteiger partial charge in [-0.25, -0.2) is 0 Å². The van der Waals surface area contributed by atoms with Crippen molar-refractivity contribution in [2.75, 3.05) is 14.2 Å². The quantitative estimate of drug-likeness (QED) is 0.474. The molecular weight excluding hydrogens is 368 g/mol. The number of carbonyl (C=O) groups excluding carboxylic acids is 2. The van der Waals surface area contributed by atoms with Crippen LogP contribution in [0.4, 0.5) is 0 Å². The fraction of sp³-hybridized carbons (Fsp3) is 0.174. The summed E-state index contributed by atoms with van der Waals surface area (Å²) in [5.41, 5.74) is 2.10. The van der Waals surface area contributed by atoms with Gasteiger partial charge in [0, 0.05) is 24.2 Å². The first kappa shape index (κ1) is 20.1. The minimum absolute atomic E-state index is 0.0720. The maximum absolute atomic E-state index is 12.6. The summed E-state index contributed by atoms with van der Waals surface area (Å²) < 4.78 is 12.2. The van der Waals surface area contributed by atoms with Crippen LogP contribution in [-0.4, -0.2) is 25.9 Å². The molecule has 0 fully saturated rings. The number of ether oxygens (including phenoxy) is 2. The summed E-state index contributed by atoms with van der Waals surface area (Å²) in [4.78, 5) is 24.9. The predicted octanol–water partition coefficient (Wildman–Crippen LogP) is 2.80. The van der Waals surface area contributed by atoms with Crippen molar-refractivity contribution in [2.45, 2.75) is 13.1 Å². The van der Waals surface area contributed by atoms with Crippen LogP contribution in [0.25, 0.3) is 0 Å². The Bertz CT molecular complexity index is 986. The standard InChI is InChI=1S/C23H22N2O4/c1-28-21-9-8-19(14-22(21)29-2)20(26)16-25-12-10-18(11-13-25)23(27)24-15-17-6-4-3-5-7-17/h3-14H,15-16H2,1-2H3/p+1. The van der Waals surface area contributed by atoms with E-state index in [4.69, 9.17) is 9.47 Å². The van der Waals surface area contributed by atoms with Crippen LogP contribution in [0.3, 0.4) is 0 Å². The van der Waals surface area contributed by atoms with Gasteiger partial charge in [0.2, 0.25) is 12.3 Å². The fourth-order valence-corrected chi connectivity index (χ4v) is 2.86. The largest absolute Gasteiger partial charge is 0.493 e. The van der Waals surface area contributed by atoms with Crippen LogP contribution in [0.2, 0.25) is 0 Å². The zero-order valence-corrected chi connectivity index (χ0v) is 16.4. The molecule has 148 valence electrons. The molecule has 0 atom stereocenters. The SMILES string of the molecule is COc1ccc(C(=O)C[n+]2ccc(C(=O)NCc3ccccc3)cc2)cc1OC. The number of hydrogen-bond acceptors (Lipinski definition) is 4. The van der Waals surface area contributed by atoms with E-state index in [1.807, 2.05) is 30.3 Å². The number of rotatable bonds is 8. The van der Waals surface area contributed by atoms with Crippen LogP contribution in [0.5, 0.6) is 11.5 Å². The van der Waals surface area contributed by atoms with Gasteiger partial charge in [-0.3, -0.25) is 9.59 Å². The van der Waals surface area contributed by atoms with E-state index in [9.17, 15) is 9.59 Å². The molecule has 1 aromatic heterocycles. The van der Waals surface area contributed by atoms with Gasteiger partial charge in [0.15, 0.2) is 23.9 Å². The molecular formula is C23H23N2O4+. The van der Waals surface area contributed by atoms with Crippen molar-refractivity contribution in [3.63, 3.8) is 0 Å². The second-order valence-electron chi connectivity index (χ2n) is 6.42. The minimum Gasteiger partial charge on any atom is -0.493 e. The van der Waals surface area contributed by atoms with Crippen LogP contribution in [-0.2, 0) is 13.1 Å². The number of amides is 1. The number of pyridine rings is 1. The highest BCUT2D eigenvalue weighted by Crippen LogP contribution is 2.27. The fourth-order valence-electron chi connectivity index (χ4n) is 2.86. The summed E-state index contributed by atoms with van der Waals surface area (Å²) in [6.45, 7) is 0.619. The summed E-state index contributed by atoms with van der Waals surface area (Å²) in [6.07, 6.45) is 3.44. The highest BCUT2D eigenvalue weighted by molar-refractivity contribution is 5.96. The Morgan fingerprint density at radius 1 is 0.862 bits per heavy atom. The second-order valence-corrected chi connectivity index (χ2v) is 6.42. The normalized spacial score (nSPS) is 10.3. The smallest absolute Gasteiger partial charge is 0.252 e. The second kappa shape index (κ2) is 9.50. The van der Waals surface area contributed by atoms with E-state index in [0.717, 1.165) is 5.56 Å². The monoisotopic (exact) mass is 391 g/mol. The van der Waals surface area contributed by atoms with Gasteiger partial charge in [0.05, 0.1) is 19.8 Å². The first-order valence-corrected chi connectivity index (χ1v) is 9.17. The Morgan fingerprint density at radius 2 is 1.55 bits per heavy atom. The van der Waals surface area contributed by atoms with Crippen molar-refractivity contribution in [3.05, 3.63) is 89.7 Å². The molecule has 2 aromatic carbocycles. The minimum atomic E-state index is -0.160. The number of ketones is 1. The number of aromatic nitrogens is 1. The number of carbonyl (C=O) groups is 2. The highest BCUT2D eigenvalue weighted by Gasteiger charge is 2.16. The molecule has 0 spiro atoms. The number of Topliss-reactive ketones (excluding diaryl/α,β-unsaturated/α-hetero) is 1. The van der Waals surface area contributed by atoms with Crippen molar-refractivity contribution in [1.29, 1.82) is 0 Å². The van der Waals surface area contributed by atoms with Crippen molar-refractivity contribution in [1.82, 2.24) is 5.32 Å². The number of nitrogens with zero attached hydrogens (tertiary/aromatic N) is 1. The molecule has 1 amide bonds. The lowest BCUT2D eigenvalue weighted by molar-refractivity contribution is -0.683. The molecule has 0 saturated heterocycles. The van der Waals surface area contributed by atoms with Crippen LogP contribution in [0, 0.1) is 0 Å². The average molecular weight is 391 g/mol. The van der Waals surface area contributed by atoms with Crippen molar-refractivity contribution in [2.24, 2.45) is 0 Å². The molecule has 0 saturated carbocycles. The molecule has 0 aliphatic carbocycles. The van der Waals surface area contributed by atoms with Gasteiger partial charge in [-0.05, 0) is 23.8 Å². The Balaban J connectivity index is 1.61. The summed E-state index contributed by atoms with van der Waals surface area (Å²) in [6, 6.07) is 18.2. The lowest BCUT2D eigenvalue weighted by atomic mass is 10.1. The predicted molar refractivity (Wildman–Crippen MR) is 108 cm³/mol. The molecule has 0 bridgehead atoms. The molecule has 0 radical (unpaired) electrons. The van der Waals surface area contributed by atoms with Gasteiger partial charge in [-0.1, -0.05) is 30.3 Å². The highest BCUT2D eigenvalue weighted by atomic mass is 16.5. The number of methoxy groups -OCH3 is 2. The molecule has 0 aliphatic rings. The van der Waals surface area contributed by atoms with Gasteiger partial charge in [-0.2, -0.15) is 4.57 Å². The molecule has 1 heterocycles.